The maximum atomic E-state index is 6.05. The fourth-order valence-corrected chi connectivity index (χ4v) is 3.58. The first-order valence-corrected chi connectivity index (χ1v) is 7.92. The summed E-state index contributed by atoms with van der Waals surface area (Å²) in [6.45, 7) is 4.19. The van der Waals surface area contributed by atoms with E-state index in [9.17, 15) is 0 Å². The lowest BCUT2D eigenvalue weighted by Crippen LogP contribution is -2.20. The molecule has 2 rings (SSSR count). The number of nitrogens with one attached hydrogen (secondary N) is 1. The summed E-state index contributed by atoms with van der Waals surface area (Å²) >= 11 is 9.65. The summed E-state index contributed by atoms with van der Waals surface area (Å²) in [6, 6.07) is 10.1. The first-order chi connectivity index (χ1) is 9.97. The molecule has 4 heteroatoms. The summed E-state index contributed by atoms with van der Waals surface area (Å²) in [5.74, 6) is 0.897. The minimum Gasteiger partial charge on any atom is -0.496 e. The number of halogens is 2. The van der Waals surface area contributed by atoms with Crippen molar-refractivity contribution in [2.45, 2.75) is 19.9 Å². The standard InChI is InChI=1S/C17H19BrClNO/c1-10-7-11(2)16(15(8-10)21-4)17(20-3)13-6-5-12(19)9-14(13)18/h5-9,17,20H,1-4H3. The van der Waals surface area contributed by atoms with Gasteiger partial charge in [-0.2, -0.15) is 0 Å². The van der Waals surface area contributed by atoms with Gasteiger partial charge in [-0.15, -0.1) is 0 Å². The zero-order valence-electron chi connectivity index (χ0n) is 12.6. The Balaban J connectivity index is 2.61. The van der Waals surface area contributed by atoms with Crippen LogP contribution < -0.4 is 10.1 Å². The van der Waals surface area contributed by atoms with Gasteiger partial charge < -0.3 is 10.1 Å². The Morgan fingerprint density at radius 2 is 1.90 bits per heavy atom. The number of hydrogen-bond acceptors (Lipinski definition) is 2. The number of hydrogen-bond donors (Lipinski definition) is 1. The monoisotopic (exact) mass is 367 g/mol. The molecule has 0 spiro atoms. The highest BCUT2D eigenvalue weighted by molar-refractivity contribution is 9.10. The maximum absolute atomic E-state index is 6.05. The quantitative estimate of drug-likeness (QED) is 0.816. The lowest BCUT2D eigenvalue weighted by atomic mass is 9.93. The van der Waals surface area contributed by atoms with E-state index in [0.717, 1.165) is 21.3 Å². The minimum atomic E-state index is 0.0344. The van der Waals surface area contributed by atoms with Crippen LogP contribution in [-0.2, 0) is 0 Å². The molecule has 0 saturated carbocycles. The molecule has 2 aromatic carbocycles. The summed E-state index contributed by atoms with van der Waals surface area (Å²) in [5, 5.41) is 4.09. The van der Waals surface area contributed by atoms with E-state index >= 15 is 0 Å². The van der Waals surface area contributed by atoms with Gasteiger partial charge in [-0.25, -0.2) is 0 Å². The lowest BCUT2D eigenvalue weighted by molar-refractivity contribution is 0.404. The average molecular weight is 369 g/mol. The summed E-state index contributed by atoms with van der Waals surface area (Å²) in [4.78, 5) is 0. The number of aryl methyl sites for hydroxylation is 2. The predicted molar refractivity (Wildman–Crippen MR) is 92.5 cm³/mol. The normalized spacial score (nSPS) is 12.3. The van der Waals surface area contributed by atoms with E-state index in [1.165, 1.54) is 11.1 Å². The topological polar surface area (TPSA) is 21.3 Å². The van der Waals surface area contributed by atoms with Crippen molar-refractivity contribution in [2.75, 3.05) is 14.2 Å². The highest BCUT2D eigenvalue weighted by Crippen LogP contribution is 2.37. The molecule has 0 fully saturated rings. The van der Waals surface area contributed by atoms with Crippen molar-refractivity contribution in [3.63, 3.8) is 0 Å². The number of rotatable bonds is 4. The second kappa shape index (κ2) is 6.82. The van der Waals surface area contributed by atoms with Gasteiger partial charge in [-0.1, -0.05) is 39.7 Å². The number of methoxy groups -OCH3 is 1. The first-order valence-electron chi connectivity index (χ1n) is 6.75. The van der Waals surface area contributed by atoms with Crippen molar-refractivity contribution in [3.05, 3.63) is 62.1 Å². The fourth-order valence-electron chi connectivity index (χ4n) is 2.67. The Labute approximate surface area is 139 Å². The van der Waals surface area contributed by atoms with Crippen molar-refractivity contribution < 1.29 is 4.74 Å². The van der Waals surface area contributed by atoms with E-state index in [1.807, 2.05) is 25.2 Å². The Morgan fingerprint density at radius 3 is 2.48 bits per heavy atom. The van der Waals surface area contributed by atoms with Crippen LogP contribution in [0.3, 0.4) is 0 Å². The Hall–Kier alpha value is -1.03. The molecule has 0 aliphatic heterocycles. The molecule has 2 nitrogen and oxygen atoms in total. The first kappa shape index (κ1) is 16.3. The molecule has 0 bridgehead atoms. The third kappa shape index (κ3) is 3.42. The Bertz CT molecular complexity index is 657. The molecular formula is C17H19BrClNO. The van der Waals surface area contributed by atoms with Crippen LogP contribution >= 0.6 is 27.5 Å². The largest absolute Gasteiger partial charge is 0.496 e. The third-order valence-electron chi connectivity index (χ3n) is 3.56. The molecule has 2 aromatic rings. The molecule has 21 heavy (non-hydrogen) atoms. The van der Waals surface area contributed by atoms with Gasteiger partial charge >= 0.3 is 0 Å². The summed E-state index contributed by atoms with van der Waals surface area (Å²) in [7, 11) is 3.66. The van der Waals surface area contributed by atoms with Gasteiger partial charge in [0.15, 0.2) is 0 Å². The molecule has 1 N–H and O–H groups in total. The number of benzene rings is 2. The van der Waals surface area contributed by atoms with Gasteiger partial charge in [-0.05, 0) is 55.8 Å². The van der Waals surface area contributed by atoms with Crippen molar-refractivity contribution in [1.82, 2.24) is 5.32 Å². The van der Waals surface area contributed by atoms with Crippen LogP contribution in [0, 0.1) is 13.8 Å². The molecule has 0 saturated heterocycles. The predicted octanol–water partition coefficient (Wildman–Crippen LogP) is 5.04. The molecule has 0 radical (unpaired) electrons. The van der Waals surface area contributed by atoms with Crippen molar-refractivity contribution in [1.29, 1.82) is 0 Å². The van der Waals surface area contributed by atoms with E-state index in [2.05, 4.69) is 47.2 Å². The second-order valence-corrected chi connectivity index (χ2v) is 6.38. The van der Waals surface area contributed by atoms with E-state index < -0.39 is 0 Å². The molecule has 0 amide bonds. The lowest BCUT2D eigenvalue weighted by Gasteiger charge is -2.23. The summed E-state index contributed by atoms with van der Waals surface area (Å²) < 4.78 is 6.58. The van der Waals surface area contributed by atoms with Gasteiger partial charge in [0.1, 0.15) is 5.75 Å². The average Bonchev–Trinajstić information content (AvgIpc) is 2.42. The molecule has 112 valence electrons. The Kier molecular flexibility index (Phi) is 5.31. The van der Waals surface area contributed by atoms with Crippen LogP contribution in [0.1, 0.15) is 28.3 Å². The summed E-state index contributed by atoms with van der Waals surface area (Å²) in [6.07, 6.45) is 0. The van der Waals surface area contributed by atoms with Gasteiger partial charge in [0.2, 0.25) is 0 Å². The van der Waals surface area contributed by atoms with E-state index in [0.29, 0.717) is 5.02 Å². The number of ether oxygens (including phenoxy) is 1. The van der Waals surface area contributed by atoms with Crippen LogP contribution in [0.25, 0.3) is 0 Å². The van der Waals surface area contributed by atoms with E-state index in [4.69, 9.17) is 16.3 Å². The molecule has 1 unspecified atom stereocenters. The van der Waals surface area contributed by atoms with Crippen molar-refractivity contribution in [3.8, 4) is 5.75 Å². The van der Waals surface area contributed by atoms with Crippen LogP contribution in [0.2, 0.25) is 5.02 Å². The van der Waals surface area contributed by atoms with E-state index in [-0.39, 0.29) is 6.04 Å². The van der Waals surface area contributed by atoms with Gasteiger partial charge in [-0.3, -0.25) is 0 Å². The van der Waals surface area contributed by atoms with Crippen LogP contribution in [0.5, 0.6) is 5.75 Å². The highest BCUT2D eigenvalue weighted by atomic mass is 79.9. The Morgan fingerprint density at radius 1 is 1.19 bits per heavy atom. The summed E-state index contributed by atoms with van der Waals surface area (Å²) in [5.41, 5.74) is 4.67. The van der Waals surface area contributed by atoms with Gasteiger partial charge in [0.05, 0.1) is 13.2 Å². The van der Waals surface area contributed by atoms with Gasteiger partial charge in [0, 0.05) is 15.1 Å². The fraction of sp³-hybridized carbons (Fsp3) is 0.294. The van der Waals surface area contributed by atoms with Crippen LogP contribution in [-0.4, -0.2) is 14.2 Å². The molecule has 0 heterocycles. The maximum Gasteiger partial charge on any atom is 0.124 e. The zero-order valence-corrected chi connectivity index (χ0v) is 15.0. The molecule has 1 atom stereocenters. The molecular weight excluding hydrogens is 350 g/mol. The smallest absolute Gasteiger partial charge is 0.124 e. The van der Waals surface area contributed by atoms with Crippen LogP contribution in [0.15, 0.2) is 34.8 Å². The minimum absolute atomic E-state index is 0.0344. The molecule has 0 aliphatic carbocycles. The second-order valence-electron chi connectivity index (χ2n) is 5.09. The van der Waals surface area contributed by atoms with Gasteiger partial charge in [0.25, 0.3) is 0 Å². The molecule has 0 aliphatic rings. The van der Waals surface area contributed by atoms with Crippen molar-refractivity contribution >= 4 is 27.5 Å². The van der Waals surface area contributed by atoms with Crippen LogP contribution in [0.4, 0.5) is 0 Å². The third-order valence-corrected chi connectivity index (χ3v) is 4.49. The van der Waals surface area contributed by atoms with Crippen molar-refractivity contribution in [2.24, 2.45) is 0 Å². The van der Waals surface area contributed by atoms with E-state index in [1.54, 1.807) is 7.11 Å². The zero-order chi connectivity index (χ0) is 15.6. The molecule has 0 aromatic heterocycles. The highest BCUT2D eigenvalue weighted by Gasteiger charge is 2.21. The SMILES string of the molecule is CNC(c1ccc(Cl)cc1Br)c1c(C)cc(C)cc1OC.